The van der Waals surface area contributed by atoms with Crippen LogP contribution in [-0.2, 0) is 26.2 Å². The summed E-state index contributed by atoms with van der Waals surface area (Å²) in [6, 6.07) is 10.8. The molecule has 0 radical (unpaired) electrons. The molecule has 0 aliphatic heterocycles. The molecule has 0 fully saturated rings. The molecular weight excluding hydrogens is 494 g/mol. The van der Waals surface area contributed by atoms with E-state index in [4.69, 9.17) is 21.1 Å². The van der Waals surface area contributed by atoms with Crippen LogP contribution >= 0.6 is 11.6 Å². The highest BCUT2D eigenvalue weighted by molar-refractivity contribution is 7.92. The SMILES string of the molecule is CCNC(=O)[C@H](CC)N(Cc1ccccc1Cl)C(=O)CN(c1cc(OC)ccc1OC)S(C)(=O)=O. The summed E-state index contributed by atoms with van der Waals surface area (Å²) in [4.78, 5) is 27.9. The van der Waals surface area contributed by atoms with Crippen molar-refractivity contribution in [2.45, 2.75) is 32.9 Å². The van der Waals surface area contributed by atoms with Crippen LogP contribution in [-0.4, -0.2) is 64.7 Å². The van der Waals surface area contributed by atoms with Crippen molar-refractivity contribution in [2.24, 2.45) is 0 Å². The number of ether oxygens (including phenoxy) is 2. The second kappa shape index (κ2) is 12.6. The molecule has 0 heterocycles. The van der Waals surface area contributed by atoms with Gasteiger partial charge in [0.2, 0.25) is 21.8 Å². The van der Waals surface area contributed by atoms with Crippen molar-refractivity contribution in [2.75, 3.05) is 37.9 Å². The molecule has 192 valence electrons. The van der Waals surface area contributed by atoms with Crippen LogP contribution in [0, 0.1) is 0 Å². The molecule has 0 saturated carbocycles. The molecule has 9 nitrogen and oxygen atoms in total. The summed E-state index contributed by atoms with van der Waals surface area (Å²) in [5, 5.41) is 3.18. The lowest BCUT2D eigenvalue weighted by Crippen LogP contribution is -2.52. The van der Waals surface area contributed by atoms with Crippen LogP contribution in [0.3, 0.4) is 0 Å². The molecule has 1 atom stereocenters. The first kappa shape index (κ1) is 28.3. The number of nitrogens with one attached hydrogen (secondary N) is 1. The van der Waals surface area contributed by atoms with Gasteiger partial charge < -0.3 is 19.7 Å². The van der Waals surface area contributed by atoms with Crippen LogP contribution in [0.2, 0.25) is 5.02 Å². The highest BCUT2D eigenvalue weighted by atomic mass is 35.5. The number of amides is 2. The van der Waals surface area contributed by atoms with E-state index < -0.39 is 28.5 Å². The Kier molecular flexibility index (Phi) is 10.2. The highest BCUT2D eigenvalue weighted by Crippen LogP contribution is 2.34. The molecule has 2 aromatic rings. The second-order valence-electron chi connectivity index (χ2n) is 7.74. The zero-order valence-corrected chi connectivity index (χ0v) is 22.1. The third kappa shape index (κ3) is 7.25. The molecule has 0 unspecified atom stereocenters. The van der Waals surface area contributed by atoms with E-state index in [-0.39, 0.29) is 23.9 Å². The fraction of sp³-hybridized carbons (Fsp3) is 0.417. The number of carbonyl (C=O) groups excluding carboxylic acids is 2. The minimum absolute atomic E-state index is 0.0288. The molecule has 11 heteroatoms. The average Bonchev–Trinajstić information content (AvgIpc) is 2.82. The van der Waals surface area contributed by atoms with Crippen LogP contribution in [0.1, 0.15) is 25.8 Å². The number of sulfonamides is 1. The summed E-state index contributed by atoms with van der Waals surface area (Å²) in [6.07, 6.45) is 1.32. The summed E-state index contributed by atoms with van der Waals surface area (Å²) >= 11 is 6.33. The maximum atomic E-state index is 13.7. The van der Waals surface area contributed by atoms with Crippen molar-refractivity contribution in [1.82, 2.24) is 10.2 Å². The van der Waals surface area contributed by atoms with Gasteiger partial charge in [-0.05, 0) is 37.1 Å². The third-order valence-corrected chi connectivity index (χ3v) is 6.86. The zero-order valence-electron chi connectivity index (χ0n) is 20.6. The standard InChI is InChI=1S/C24H32ClN3O6S/c1-6-20(24(30)26-7-2)27(15-17-10-8-9-11-19(17)25)23(29)16-28(35(5,31)32)21-14-18(33-3)12-13-22(21)34-4/h8-14,20H,6-7,15-16H2,1-5H3,(H,26,30)/t20-/m0/s1. The number of methoxy groups -OCH3 is 2. The van der Waals surface area contributed by atoms with E-state index in [1.807, 2.05) is 0 Å². The summed E-state index contributed by atoms with van der Waals surface area (Å²) in [7, 11) is -1.07. The number of anilines is 1. The van der Waals surface area contributed by atoms with Gasteiger partial charge in [0.1, 0.15) is 24.1 Å². The average molecular weight is 526 g/mol. The number of halogens is 1. The molecular formula is C24H32ClN3O6S. The maximum Gasteiger partial charge on any atom is 0.244 e. The van der Waals surface area contributed by atoms with Crippen LogP contribution < -0.4 is 19.1 Å². The van der Waals surface area contributed by atoms with Crippen molar-refractivity contribution in [3.63, 3.8) is 0 Å². The normalized spacial score (nSPS) is 11.9. The predicted molar refractivity (Wildman–Crippen MR) is 137 cm³/mol. The van der Waals surface area contributed by atoms with Gasteiger partial charge in [0.05, 0.1) is 26.2 Å². The van der Waals surface area contributed by atoms with Crippen molar-refractivity contribution in [1.29, 1.82) is 0 Å². The molecule has 0 bridgehead atoms. The largest absolute Gasteiger partial charge is 0.497 e. The number of nitrogens with zero attached hydrogens (tertiary/aromatic N) is 2. The van der Waals surface area contributed by atoms with E-state index in [1.165, 1.54) is 25.2 Å². The number of likely N-dealkylation sites (N-methyl/N-ethyl adjacent to an activating group) is 1. The zero-order chi connectivity index (χ0) is 26.2. The monoisotopic (exact) mass is 525 g/mol. The van der Waals surface area contributed by atoms with E-state index >= 15 is 0 Å². The predicted octanol–water partition coefficient (Wildman–Crippen LogP) is 3.07. The summed E-state index contributed by atoms with van der Waals surface area (Å²) in [6.45, 7) is 3.43. The van der Waals surface area contributed by atoms with Gasteiger partial charge in [0.15, 0.2) is 0 Å². The van der Waals surface area contributed by atoms with Gasteiger partial charge >= 0.3 is 0 Å². The van der Waals surface area contributed by atoms with E-state index in [1.54, 1.807) is 50.2 Å². The van der Waals surface area contributed by atoms with Gasteiger partial charge in [0, 0.05) is 24.2 Å². The first-order chi connectivity index (χ1) is 16.6. The van der Waals surface area contributed by atoms with Crippen molar-refractivity contribution in [3.05, 3.63) is 53.1 Å². The molecule has 35 heavy (non-hydrogen) atoms. The van der Waals surface area contributed by atoms with Crippen molar-refractivity contribution in [3.8, 4) is 11.5 Å². The number of carbonyl (C=O) groups is 2. The quantitative estimate of drug-likeness (QED) is 0.456. The van der Waals surface area contributed by atoms with E-state index in [2.05, 4.69) is 5.32 Å². The molecule has 2 rings (SSSR count). The Morgan fingerprint density at radius 2 is 1.77 bits per heavy atom. The van der Waals surface area contributed by atoms with Crippen LogP contribution in [0.15, 0.2) is 42.5 Å². The lowest BCUT2D eigenvalue weighted by atomic mass is 10.1. The Labute approximate surface area is 212 Å². The van der Waals surface area contributed by atoms with Gasteiger partial charge in [0.25, 0.3) is 0 Å². The molecule has 1 N–H and O–H groups in total. The fourth-order valence-corrected chi connectivity index (χ4v) is 4.65. The van der Waals surface area contributed by atoms with Crippen molar-refractivity contribution < 1.29 is 27.5 Å². The number of hydrogen-bond acceptors (Lipinski definition) is 6. The Morgan fingerprint density at radius 1 is 1.09 bits per heavy atom. The van der Waals surface area contributed by atoms with E-state index in [0.29, 0.717) is 29.3 Å². The Hall–Kier alpha value is -2.98. The van der Waals surface area contributed by atoms with Crippen LogP contribution in [0.25, 0.3) is 0 Å². The summed E-state index contributed by atoms with van der Waals surface area (Å²) < 4.78 is 37.1. The van der Waals surface area contributed by atoms with Crippen molar-refractivity contribution >= 4 is 39.1 Å². The Bertz CT molecular complexity index is 1140. The minimum atomic E-state index is -3.92. The number of hydrogen-bond donors (Lipinski definition) is 1. The first-order valence-electron chi connectivity index (χ1n) is 11.1. The Balaban J connectivity index is 2.54. The molecule has 0 spiro atoms. The topological polar surface area (TPSA) is 105 Å². The molecule has 0 saturated heterocycles. The lowest BCUT2D eigenvalue weighted by Gasteiger charge is -2.33. The van der Waals surface area contributed by atoms with Gasteiger partial charge in [-0.15, -0.1) is 0 Å². The number of rotatable bonds is 12. The molecule has 0 aliphatic carbocycles. The van der Waals surface area contributed by atoms with E-state index in [9.17, 15) is 18.0 Å². The summed E-state index contributed by atoms with van der Waals surface area (Å²) in [5.41, 5.74) is 0.779. The molecule has 0 aliphatic rings. The minimum Gasteiger partial charge on any atom is -0.497 e. The fourth-order valence-electron chi connectivity index (χ4n) is 3.61. The van der Waals surface area contributed by atoms with E-state index in [0.717, 1.165) is 10.6 Å². The molecule has 2 aromatic carbocycles. The molecule has 0 aromatic heterocycles. The highest BCUT2D eigenvalue weighted by Gasteiger charge is 2.32. The van der Waals surface area contributed by atoms with Gasteiger partial charge in [-0.25, -0.2) is 8.42 Å². The smallest absolute Gasteiger partial charge is 0.244 e. The van der Waals surface area contributed by atoms with Gasteiger partial charge in [-0.1, -0.05) is 36.7 Å². The maximum absolute atomic E-state index is 13.7. The molecule has 2 amide bonds. The van der Waals surface area contributed by atoms with Crippen LogP contribution in [0.5, 0.6) is 11.5 Å². The van der Waals surface area contributed by atoms with Gasteiger partial charge in [-0.2, -0.15) is 0 Å². The second-order valence-corrected chi connectivity index (χ2v) is 10.1. The Morgan fingerprint density at radius 3 is 2.31 bits per heavy atom. The number of benzene rings is 2. The third-order valence-electron chi connectivity index (χ3n) is 5.37. The van der Waals surface area contributed by atoms with Gasteiger partial charge in [-0.3, -0.25) is 13.9 Å². The first-order valence-corrected chi connectivity index (χ1v) is 13.3. The lowest BCUT2D eigenvalue weighted by molar-refractivity contribution is -0.140. The van der Waals surface area contributed by atoms with Crippen LogP contribution in [0.4, 0.5) is 5.69 Å². The summed E-state index contributed by atoms with van der Waals surface area (Å²) in [5.74, 6) is -0.264.